The fourth-order valence-corrected chi connectivity index (χ4v) is 5.68. The van der Waals surface area contributed by atoms with E-state index >= 15 is 0 Å². The van der Waals surface area contributed by atoms with Crippen molar-refractivity contribution < 1.29 is 32.2 Å². The molecule has 1 N–H and O–H groups in total. The lowest BCUT2D eigenvalue weighted by atomic mass is 10.2. The number of aromatic nitrogens is 1. The van der Waals surface area contributed by atoms with Gasteiger partial charge in [0.15, 0.2) is 4.80 Å². The Hall–Kier alpha value is -4.16. The molecule has 0 spiro atoms. The highest BCUT2D eigenvalue weighted by Crippen LogP contribution is 2.24. The molecule has 12 heteroatoms. The number of rotatable bonds is 9. The number of carbonyl (C=O) groups excluding carboxylic acids is 2. The van der Waals surface area contributed by atoms with E-state index < -0.39 is 21.9 Å². The lowest BCUT2D eigenvalue weighted by Gasteiger charge is -2.09. The molecule has 3 aromatic carbocycles. The van der Waals surface area contributed by atoms with E-state index in [9.17, 15) is 18.0 Å². The number of nitrogens with one attached hydrogen (secondary N) is 1. The Kier molecular flexibility index (Phi) is 8.13. The number of methoxy groups -OCH3 is 2. The van der Waals surface area contributed by atoms with Crippen molar-refractivity contribution >= 4 is 49.1 Å². The molecule has 0 radical (unpaired) electrons. The minimum Gasteiger partial charge on any atom is -0.497 e. The SMILES string of the molecule is CCOc1ccc2c(c1)sc(=NC(=O)c1cccc(NS(=O)(=O)c3ccc(OC)cc3)c1)n2CC(=O)OC. The number of hydrogen-bond donors (Lipinski definition) is 1. The molecule has 198 valence electrons. The highest BCUT2D eigenvalue weighted by atomic mass is 32.2. The molecule has 1 heterocycles. The van der Waals surface area contributed by atoms with E-state index in [0.29, 0.717) is 23.6 Å². The number of anilines is 1. The Morgan fingerprint density at radius 1 is 1.00 bits per heavy atom. The van der Waals surface area contributed by atoms with Gasteiger partial charge in [0, 0.05) is 11.3 Å². The smallest absolute Gasteiger partial charge is 0.325 e. The molecule has 4 rings (SSSR count). The summed E-state index contributed by atoms with van der Waals surface area (Å²) in [4.78, 5) is 29.8. The van der Waals surface area contributed by atoms with Crippen molar-refractivity contribution in [2.45, 2.75) is 18.4 Å². The first-order chi connectivity index (χ1) is 18.2. The summed E-state index contributed by atoms with van der Waals surface area (Å²) in [5.74, 6) is 0.0762. The highest BCUT2D eigenvalue weighted by molar-refractivity contribution is 7.92. The van der Waals surface area contributed by atoms with E-state index in [1.165, 1.54) is 55.9 Å². The van der Waals surface area contributed by atoms with Crippen LogP contribution in [0.1, 0.15) is 17.3 Å². The van der Waals surface area contributed by atoms with Gasteiger partial charge in [0.2, 0.25) is 0 Å². The number of nitrogens with zero attached hydrogens (tertiary/aromatic N) is 2. The molecule has 1 amide bonds. The molecule has 0 bridgehead atoms. The Bertz CT molecular complexity index is 1660. The summed E-state index contributed by atoms with van der Waals surface area (Å²) in [6.45, 7) is 2.23. The number of fused-ring (bicyclic) bond motifs is 1. The van der Waals surface area contributed by atoms with Crippen molar-refractivity contribution in [3.63, 3.8) is 0 Å². The second-order valence-electron chi connectivity index (χ2n) is 7.89. The average Bonchev–Trinajstić information content (AvgIpc) is 3.24. The van der Waals surface area contributed by atoms with Crippen molar-refractivity contribution in [1.29, 1.82) is 0 Å². The molecule has 10 nitrogen and oxygen atoms in total. The maximum Gasteiger partial charge on any atom is 0.325 e. The summed E-state index contributed by atoms with van der Waals surface area (Å²) in [6.07, 6.45) is 0. The number of amides is 1. The number of carbonyl (C=O) groups is 2. The van der Waals surface area contributed by atoms with Crippen LogP contribution >= 0.6 is 11.3 Å². The molecule has 0 atom stereocenters. The van der Waals surface area contributed by atoms with Gasteiger partial charge in [0.25, 0.3) is 15.9 Å². The van der Waals surface area contributed by atoms with Crippen LogP contribution in [-0.4, -0.2) is 45.7 Å². The zero-order valence-electron chi connectivity index (χ0n) is 20.8. The molecular weight excluding hydrogens is 530 g/mol. The molecule has 4 aromatic rings. The lowest BCUT2D eigenvalue weighted by Crippen LogP contribution is -2.22. The zero-order valence-corrected chi connectivity index (χ0v) is 22.5. The third kappa shape index (κ3) is 6.03. The van der Waals surface area contributed by atoms with Crippen LogP contribution in [0.5, 0.6) is 11.5 Å². The van der Waals surface area contributed by atoms with Gasteiger partial charge in [-0.3, -0.25) is 14.3 Å². The van der Waals surface area contributed by atoms with E-state index in [1.54, 1.807) is 34.9 Å². The van der Waals surface area contributed by atoms with Crippen LogP contribution in [0.15, 0.2) is 76.6 Å². The molecule has 0 aliphatic heterocycles. The minimum atomic E-state index is -3.90. The van der Waals surface area contributed by atoms with Crippen LogP contribution in [0, 0.1) is 0 Å². The molecule has 38 heavy (non-hydrogen) atoms. The number of thiazole rings is 1. The van der Waals surface area contributed by atoms with Crippen LogP contribution in [0.2, 0.25) is 0 Å². The van der Waals surface area contributed by atoms with Crippen molar-refractivity contribution in [3.8, 4) is 11.5 Å². The number of ether oxygens (including phenoxy) is 3. The fraction of sp³-hybridized carbons (Fsp3) is 0.192. The standard InChI is InChI=1S/C26H25N3O7S2/c1-4-36-20-10-13-22-23(15-20)37-26(29(22)16-24(30)35-3)27-25(31)17-6-5-7-18(14-17)28-38(32,33)21-11-8-19(34-2)9-12-21/h5-15,28H,4,16H2,1-3H3. The van der Waals surface area contributed by atoms with Crippen LogP contribution in [0.4, 0.5) is 5.69 Å². The van der Waals surface area contributed by atoms with Gasteiger partial charge < -0.3 is 18.8 Å². The van der Waals surface area contributed by atoms with Gasteiger partial charge in [-0.25, -0.2) is 8.42 Å². The number of sulfonamides is 1. The van der Waals surface area contributed by atoms with Crippen LogP contribution in [0.3, 0.4) is 0 Å². The summed E-state index contributed by atoms with van der Waals surface area (Å²) in [5, 5.41) is 0. The van der Waals surface area contributed by atoms with Gasteiger partial charge in [0.05, 0.1) is 35.9 Å². The quantitative estimate of drug-likeness (QED) is 0.311. The van der Waals surface area contributed by atoms with Gasteiger partial charge in [-0.1, -0.05) is 17.4 Å². The molecule has 0 aliphatic rings. The van der Waals surface area contributed by atoms with Crippen molar-refractivity contribution in [1.82, 2.24) is 4.57 Å². The first-order valence-corrected chi connectivity index (χ1v) is 13.7. The van der Waals surface area contributed by atoms with Gasteiger partial charge in [-0.05, 0) is 67.6 Å². The maximum absolute atomic E-state index is 13.1. The Balaban J connectivity index is 1.67. The number of hydrogen-bond acceptors (Lipinski definition) is 8. The van der Waals surface area contributed by atoms with Crippen LogP contribution in [-0.2, 0) is 26.1 Å². The van der Waals surface area contributed by atoms with Crippen molar-refractivity contribution in [3.05, 3.63) is 77.1 Å². The summed E-state index contributed by atoms with van der Waals surface area (Å²) in [7, 11) is -1.13. The first kappa shape index (κ1) is 26.9. The number of esters is 1. The second kappa shape index (κ2) is 11.5. The molecule has 0 saturated carbocycles. The maximum atomic E-state index is 13.1. The summed E-state index contributed by atoms with van der Waals surface area (Å²) < 4.78 is 45.9. The zero-order chi connectivity index (χ0) is 27.3. The second-order valence-corrected chi connectivity index (χ2v) is 10.6. The predicted octanol–water partition coefficient (Wildman–Crippen LogP) is 3.83. The number of benzene rings is 3. The molecule has 0 aliphatic carbocycles. The molecule has 0 fully saturated rings. The van der Waals surface area contributed by atoms with Gasteiger partial charge in [0.1, 0.15) is 18.0 Å². The fourth-order valence-electron chi connectivity index (χ4n) is 3.58. The van der Waals surface area contributed by atoms with E-state index in [4.69, 9.17) is 14.2 Å². The van der Waals surface area contributed by atoms with Crippen LogP contribution in [0.25, 0.3) is 10.2 Å². The molecular formula is C26H25N3O7S2. The largest absolute Gasteiger partial charge is 0.497 e. The Labute approximate surface area is 223 Å². The van der Waals surface area contributed by atoms with Gasteiger partial charge >= 0.3 is 5.97 Å². The van der Waals surface area contributed by atoms with E-state index in [0.717, 1.165) is 4.70 Å². The van der Waals surface area contributed by atoms with E-state index in [1.807, 2.05) is 13.0 Å². The van der Waals surface area contributed by atoms with E-state index in [-0.39, 0.29) is 27.5 Å². The topological polar surface area (TPSA) is 125 Å². The molecule has 0 saturated heterocycles. The van der Waals surface area contributed by atoms with Crippen LogP contribution < -0.4 is 19.0 Å². The predicted molar refractivity (Wildman–Crippen MR) is 143 cm³/mol. The van der Waals surface area contributed by atoms with Gasteiger partial charge in [-0.15, -0.1) is 0 Å². The van der Waals surface area contributed by atoms with E-state index in [2.05, 4.69) is 9.71 Å². The molecule has 1 aromatic heterocycles. The first-order valence-electron chi connectivity index (χ1n) is 11.4. The third-order valence-corrected chi connectivity index (χ3v) is 7.85. The van der Waals surface area contributed by atoms with Crippen molar-refractivity contribution in [2.24, 2.45) is 4.99 Å². The minimum absolute atomic E-state index is 0.0419. The Morgan fingerprint density at radius 2 is 1.74 bits per heavy atom. The molecule has 0 unspecified atom stereocenters. The lowest BCUT2D eigenvalue weighted by molar-refractivity contribution is -0.141. The van der Waals surface area contributed by atoms with Gasteiger partial charge in [-0.2, -0.15) is 4.99 Å². The third-order valence-electron chi connectivity index (χ3n) is 5.41. The average molecular weight is 556 g/mol. The summed E-state index contributed by atoms with van der Waals surface area (Å²) in [6, 6.07) is 17.3. The van der Waals surface area contributed by atoms with Crippen molar-refractivity contribution in [2.75, 3.05) is 25.5 Å². The normalized spacial score (nSPS) is 11.8. The monoisotopic (exact) mass is 555 g/mol. The Morgan fingerprint density at radius 3 is 2.42 bits per heavy atom. The highest BCUT2D eigenvalue weighted by Gasteiger charge is 2.17. The summed E-state index contributed by atoms with van der Waals surface area (Å²) in [5.41, 5.74) is 1.05. The summed E-state index contributed by atoms with van der Waals surface area (Å²) >= 11 is 1.22.